The highest BCUT2D eigenvalue weighted by Crippen LogP contribution is 2.12. The average molecular weight is 269 g/mol. The molecule has 0 fully saturated rings. The number of primary sulfonamides is 1. The van der Waals surface area contributed by atoms with E-state index in [-0.39, 0.29) is 4.90 Å². The number of carboxylic acids is 1. The molecule has 1 aromatic rings. The molecule has 0 aliphatic carbocycles. The van der Waals surface area contributed by atoms with Gasteiger partial charge >= 0.3 is 0 Å². The van der Waals surface area contributed by atoms with E-state index in [9.17, 15) is 23.1 Å². The molecule has 18 heavy (non-hydrogen) atoms. The first-order chi connectivity index (χ1) is 8.29. The van der Waals surface area contributed by atoms with Crippen LogP contribution in [0.4, 0.5) is 5.69 Å². The van der Waals surface area contributed by atoms with E-state index < -0.39 is 21.9 Å². The molecule has 7 nitrogen and oxygen atoms in total. The number of carbonyl (C=O) groups is 2. The molecule has 8 heteroatoms. The number of carbonyl (C=O) groups excluding carboxylic acids is 2. The van der Waals surface area contributed by atoms with Crippen molar-refractivity contribution in [2.24, 2.45) is 5.14 Å². The van der Waals surface area contributed by atoms with Crippen molar-refractivity contribution in [1.29, 1.82) is 0 Å². The van der Waals surface area contributed by atoms with E-state index in [4.69, 9.17) is 5.14 Å². The third-order valence-electron chi connectivity index (χ3n) is 1.82. The van der Waals surface area contributed by atoms with Crippen molar-refractivity contribution in [3.05, 3.63) is 36.4 Å². The molecule has 0 radical (unpaired) electrons. The number of benzene rings is 1. The van der Waals surface area contributed by atoms with Gasteiger partial charge in [0.2, 0.25) is 15.9 Å². The molecule has 0 unspecified atom stereocenters. The lowest BCUT2D eigenvalue weighted by Crippen LogP contribution is -2.20. The quantitative estimate of drug-likeness (QED) is 0.648. The van der Waals surface area contributed by atoms with Crippen molar-refractivity contribution in [1.82, 2.24) is 0 Å². The summed E-state index contributed by atoms with van der Waals surface area (Å²) >= 11 is 0. The molecule has 0 aliphatic heterocycles. The minimum Gasteiger partial charge on any atom is -0.545 e. The lowest BCUT2D eigenvalue weighted by Gasteiger charge is -2.03. The molecule has 1 aromatic carbocycles. The first-order valence-electron chi connectivity index (χ1n) is 4.62. The van der Waals surface area contributed by atoms with Gasteiger partial charge in [0, 0.05) is 11.8 Å². The van der Waals surface area contributed by atoms with Gasteiger partial charge in [0.05, 0.1) is 10.9 Å². The van der Waals surface area contributed by atoms with Crippen LogP contribution < -0.4 is 15.6 Å². The van der Waals surface area contributed by atoms with Crippen LogP contribution in [-0.2, 0) is 19.6 Å². The summed E-state index contributed by atoms with van der Waals surface area (Å²) in [5, 5.41) is 17.3. The number of nitrogens with one attached hydrogen (secondary N) is 1. The van der Waals surface area contributed by atoms with Gasteiger partial charge in [-0.05, 0) is 30.3 Å². The van der Waals surface area contributed by atoms with Crippen LogP contribution in [-0.4, -0.2) is 20.3 Å². The molecule has 0 atom stereocenters. The van der Waals surface area contributed by atoms with Gasteiger partial charge in [0.15, 0.2) is 0 Å². The molecule has 1 amide bonds. The van der Waals surface area contributed by atoms with E-state index in [1.165, 1.54) is 24.3 Å². The van der Waals surface area contributed by atoms with E-state index in [1.54, 1.807) is 0 Å². The van der Waals surface area contributed by atoms with Crippen molar-refractivity contribution in [2.75, 3.05) is 5.32 Å². The molecule has 3 N–H and O–H groups in total. The fourth-order valence-corrected chi connectivity index (χ4v) is 1.57. The van der Waals surface area contributed by atoms with Crippen LogP contribution in [0.2, 0.25) is 0 Å². The van der Waals surface area contributed by atoms with Gasteiger partial charge < -0.3 is 15.2 Å². The Morgan fingerprint density at radius 1 is 1.17 bits per heavy atom. The summed E-state index contributed by atoms with van der Waals surface area (Å²) in [6.07, 6.45) is 1.36. The first-order valence-corrected chi connectivity index (χ1v) is 6.16. The zero-order valence-corrected chi connectivity index (χ0v) is 9.81. The van der Waals surface area contributed by atoms with E-state index in [0.717, 1.165) is 6.08 Å². The topological polar surface area (TPSA) is 129 Å². The second-order valence-corrected chi connectivity index (χ2v) is 4.77. The molecule has 1 rings (SSSR count). The number of nitrogens with two attached hydrogens (primary N) is 1. The number of aliphatic carboxylic acids is 1. The normalized spacial score (nSPS) is 11.4. The maximum atomic E-state index is 11.2. The summed E-state index contributed by atoms with van der Waals surface area (Å²) in [4.78, 5) is 21.1. The average Bonchev–Trinajstić information content (AvgIpc) is 2.26. The van der Waals surface area contributed by atoms with E-state index in [1.807, 2.05) is 0 Å². The number of hydrogen-bond acceptors (Lipinski definition) is 5. The predicted octanol–water partition coefficient (Wildman–Crippen LogP) is -1.42. The largest absolute Gasteiger partial charge is 0.545 e. The smallest absolute Gasteiger partial charge is 0.248 e. The van der Waals surface area contributed by atoms with Crippen LogP contribution >= 0.6 is 0 Å². The van der Waals surface area contributed by atoms with Crippen molar-refractivity contribution in [2.45, 2.75) is 4.90 Å². The van der Waals surface area contributed by atoms with Gasteiger partial charge in [-0.15, -0.1) is 0 Å². The summed E-state index contributed by atoms with van der Waals surface area (Å²) < 4.78 is 21.9. The number of hydrogen-bond donors (Lipinski definition) is 2. The molecule has 0 heterocycles. The minimum absolute atomic E-state index is 0.0919. The zero-order valence-electron chi connectivity index (χ0n) is 8.99. The fourth-order valence-electron chi connectivity index (χ4n) is 1.06. The third kappa shape index (κ3) is 4.36. The summed E-state index contributed by atoms with van der Waals surface area (Å²) in [6, 6.07) is 5.08. The predicted molar refractivity (Wildman–Crippen MR) is 60.6 cm³/mol. The first kappa shape index (κ1) is 13.9. The maximum Gasteiger partial charge on any atom is 0.248 e. The van der Waals surface area contributed by atoms with Crippen LogP contribution in [0.3, 0.4) is 0 Å². The SMILES string of the molecule is NS(=O)(=O)c1ccc(NC(=O)/C=C\C(=O)[O-])cc1. The second kappa shape index (κ2) is 5.43. The summed E-state index contributed by atoms with van der Waals surface area (Å²) in [5.41, 5.74) is 0.301. The lowest BCUT2D eigenvalue weighted by molar-refractivity contribution is -0.297. The van der Waals surface area contributed by atoms with Gasteiger partial charge in [0.25, 0.3) is 0 Å². The Bertz CT molecular complexity index is 589. The minimum atomic E-state index is -3.78. The standard InChI is InChI=1S/C10H10N2O5S/c11-18(16,17)8-3-1-7(2-4-8)12-9(13)5-6-10(14)15/h1-6H,(H,12,13)(H,14,15)(H2,11,16,17)/p-1/b6-5-. The Morgan fingerprint density at radius 2 is 1.72 bits per heavy atom. The number of sulfonamides is 1. The van der Waals surface area contributed by atoms with Crippen molar-refractivity contribution < 1.29 is 23.1 Å². The van der Waals surface area contributed by atoms with E-state index >= 15 is 0 Å². The number of carboxylic acid groups (broad SMARTS) is 1. The highest BCUT2D eigenvalue weighted by Gasteiger charge is 2.06. The Balaban J connectivity index is 2.76. The molecular weight excluding hydrogens is 260 g/mol. The van der Waals surface area contributed by atoms with Crippen LogP contribution in [0, 0.1) is 0 Å². The molecule has 0 aromatic heterocycles. The van der Waals surface area contributed by atoms with Crippen LogP contribution in [0.15, 0.2) is 41.3 Å². The van der Waals surface area contributed by atoms with Crippen molar-refractivity contribution in [3.8, 4) is 0 Å². The summed E-state index contributed by atoms with van der Waals surface area (Å²) in [6.45, 7) is 0. The number of amides is 1. The van der Waals surface area contributed by atoms with Crippen molar-refractivity contribution in [3.63, 3.8) is 0 Å². The van der Waals surface area contributed by atoms with Gasteiger partial charge in [0.1, 0.15) is 0 Å². The zero-order chi connectivity index (χ0) is 13.8. The van der Waals surface area contributed by atoms with Crippen LogP contribution in [0.5, 0.6) is 0 Å². The maximum absolute atomic E-state index is 11.2. The van der Waals surface area contributed by atoms with E-state index in [0.29, 0.717) is 11.8 Å². The molecule has 0 saturated heterocycles. The molecular formula is C10H9N2O5S-. The van der Waals surface area contributed by atoms with E-state index in [2.05, 4.69) is 5.32 Å². The van der Waals surface area contributed by atoms with Gasteiger partial charge in [-0.3, -0.25) is 4.79 Å². The molecule has 0 spiro atoms. The Hall–Kier alpha value is -2.19. The van der Waals surface area contributed by atoms with Crippen LogP contribution in [0.1, 0.15) is 0 Å². The highest BCUT2D eigenvalue weighted by molar-refractivity contribution is 7.89. The molecule has 0 bridgehead atoms. The Morgan fingerprint density at radius 3 is 2.17 bits per heavy atom. The number of rotatable bonds is 4. The molecule has 0 saturated carbocycles. The van der Waals surface area contributed by atoms with Gasteiger partial charge in [-0.1, -0.05) is 0 Å². The second-order valence-electron chi connectivity index (χ2n) is 3.21. The Labute approximate surface area is 103 Å². The van der Waals surface area contributed by atoms with Gasteiger partial charge in [-0.25, -0.2) is 13.6 Å². The summed E-state index contributed by atoms with van der Waals surface area (Å²) in [7, 11) is -3.78. The van der Waals surface area contributed by atoms with Crippen LogP contribution in [0.25, 0.3) is 0 Å². The molecule has 96 valence electrons. The summed E-state index contributed by atoms with van der Waals surface area (Å²) in [5.74, 6) is -2.17. The Kier molecular flexibility index (Phi) is 4.18. The highest BCUT2D eigenvalue weighted by atomic mass is 32.2. The third-order valence-corrected chi connectivity index (χ3v) is 2.75. The number of anilines is 1. The fraction of sp³-hybridized carbons (Fsp3) is 0. The monoisotopic (exact) mass is 269 g/mol. The molecule has 0 aliphatic rings. The lowest BCUT2D eigenvalue weighted by atomic mass is 10.3. The van der Waals surface area contributed by atoms with Crippen molar-refractivity contribution >= 4 is 27.6 Å². The van der Waals surface area contributed by atoms with Gasteiger partial charge in [-0.2, -0.15) is 0 Å².